The van der Waals surface area contributed by atoms with Crippen molar-refractivity contribution >= 4 is 28.9 Å². The Balaban J connectivity index is 1.34. The number of hydrogen-bond donors (Lipinski definition) is 2. The number of aryl methyl sites for hydroxylation is 1. The lowest BCUT2D eigenvalue weighted by atomic mass is 10.0. The molecule has 3 heterocycles. The van der Waals surface area contributed by atoms with Crippen LogP contribution in [0.4, 0.5) is 36.2 Å². The number of nitrogens with zero attached hydrogens (tertiary/aromatic N) is 5. The van der Waals surface area contributed by atoms with Gasteiger partial charge >= 0.3 is 6.18 Å². The number of anilines is 4. The van der Waals surface area contributed by atoms with Gasteiger partial charge in [0.05, 0.1) is 16.8 Å². The van der Waals surface area contributed by atoms with Gasteiger partial charge in [-0.2, -0.15) is 13.2 Å². The fourth-order valence-corrected chi connectivity index (χ4v) is 4.91. The summed E-state index contributed by atoms with van der Waals surface area (Å²) in [6.45, 7) is 8.85. The van der Waals surface area contributed by atoms with Gasteiger partial charge in [-0.25, -0.2) is 9.97 Å². The van der Waals surface area contributed by atoms with Crippen LogP contribution in [0.1, 0.15) is 35.3 Å². The molecule has 218 valence electrons. The van der Waals surface area contributed by atoms with Crippen molar-refractivity contribution in [1.82, 2.24) is 19.9 Å². The van der Waals surface area contributed by atoms with Crippen LogP contribution in [-0.4, -0.2) is 58.0 Å². The highest BCUT2D eigenvalue weighted by atomic mass is 19.4. The SMILES string of the molecule is Cc1ccc(NC(=O)c2ccc(N3CCN(C(C)C)CC3)cc2C(F)(F)F)cc1Nc1nccc(-c2cccnc2)n1. The van der Waals surface area contributed by atoms with Crippen molar-refractivity contribution in [2.45, 2.75) is 33.0 Å². The molecule has 2 aromatic heterocycles. The number of nitrogens with one attached hydrogen (secondary N) is 2. The number of alkyl halides is 3. The van der Waals surface area contributed by atoms with Gasteiger partial charge in [0.2, 0.25) is 5.95 Å². The summed E-state index contributed by atoms with van der Waals surface area (Å²) < 4.78 is 42.4. The third-order valence-electron chi connectivity index (χ3n) is 7.32. The van der Waals surface area contributed by atoms with Gasteiger partial charge in [0.1, 0.15) is 0 Å². The summed E-state index contributed by atoms with van der Waals surface area (Å²) in [5.41, 5.74) is 2.32. The van der Waals surface area contributed by atoms with E-state index < -0.39 is 23.2 Å². The molecular weight excluding hydrogens is 543 g/mol. The molecule has 0 radical (unpaired) electrons. The van der Waals surface area contributed by atoms with Crippen LogP contribution in [-0.2, 0) is 6.18 Å². The third kappa shape index (κ3) is 6.68. The molecule has 8 nitrogen and oxygen atoms in total. The standard InChI is InChI=1S/C31H32F3N7O/c1-20(2)40-13-15-41(16-14-40)24-8-9-25(26(18-24)31(32,33)34)29(42)37-23-7-6-21(3)28(17-23)39-30-36-12-10-27(38-30)22-5-4-11-35-19-22/h4-12,17-20H,13-16H2,1-3H3,(H,37,42)(H,36,38,39). The lowest BCUT2D eigenvalue weighted by molar-refractivity contribution is -0.137. The summed E-state index contributed by atoms with van der Waals surface area (Å²) in [5.74, 6) is -0.518. The first-order valence-electron chi connectivity index (χ1n) is 13.7. The van der Waals surface area contributed by atoms with Gasteiger partial charge in [-0.05, 0) is 74.9 Å². The Bertz CT molecular complexity index is 1550. The van der Waals surface area contributed by atoms with E-state index >= 15 is 0 Å². The lowest BCUT2D eigenvalue weighted by Crippen LogP contribution is -2.49. The number of amides is 1. The number of hydrogen-bond acceptors (Lipinski definition) is 7. The fraction of sp³-hybridized carbons (Fsp3) is 0.290. The molecule has 0 aliphatic carbocycles. The number of aromatic nitrogens is 3. The monoisotopic (exact) mass is 575 g/mol. The first-order valence-corrected chi connectivity index (χ1v) is 13.7. The molecule has 0 bridgehead atoms. The smallest absolute Gasteiger partial charge is 0.369 e. The fourth-order valence-electron chi connectivity index (χ4n) is 4.91. The first kappa shape index (κ1) is 29.0. The van der Waals surface area contributed by atoms with Crippen molar-refractivity contribution in [1.29, 1.82) is 0 Å². The third-order valence-corrected chi connectivity index (χ3v) is 7.32. The summed E-state index contributed by atoms with van der Waals surface area (Å²) in [7, 11) is 0. The van der Waals surface area contributed by atoms with E-state index in [2.05, 4.69) is 44.3 Å². The molecule has 0 atom stereocenters. The molecule has 0 unspecified atom stereocenters. The van der Waals surface area contributed by atoms with Gasteiger partial charge in [-0.3, -0.25) is 14.7 Å². The topological polar surface area (TPSA) is 86.3 Å². The highest BCUT2D eigenvalue weighted by molar-refractivity contribution is 6.06. The van der Waals surface area contributed by atoms with Crippen molar-refractivity contribution in [3.05, 3.63) is 89.9 Å². The van der Waals surface area contributed by atoms with Crippen LogP contribution < -0.4 is 15.5 Å². The van der Waals surface area contributed by atoms with Crippen LogP contribution in [0.25, 0.3) is 11.3 Å². The second kappa shape index (κ2) is 12.2. The highest BCUT2D eigenvalue weighted by Gasteiger charge is 2.36. The van der Waals surface area contributed by atoms with Gasteiger partial charge in [0.15, 0.2) is 0 Å². The van der Waals surface area contributed by atoms with E-state index in [0.29, 0.717) is 47.8 Å². The van der Waals surface area contributed by atoms with Gasteiger partial charge < -0.3 is 15.5 Å². The minimum atomic E-state index is -4.70. The molecule has 11 heteroatoms. The molecule has 1 saturated heterocycles. The Labute approximate surface area is 242 Å². The van der Waals surface area contributed by atoms with Crippen LogP contribution in [0.15, 0.2) is 73.2 Å². The average molecular weight is 576 g/mol. The quantitative estimate of drug-likeness (QED) is 0.264. The number of piperazine rings is 1. The van der Waals surface area contributed by atoms with E-state index in [1.54, 1.807) is 48.9 Å². The van der Waals surface area contributed by atoms with Crippen molar-refractivity contribution in [3.63, 3.8) is 0 Å². The van der Waals surface area contributed by atoms with Crippen LogP contribution in [0.3, 0.4) is 0 Å². The molecule has 4 aromatic rings. The Morgan fingerprint density at radius 1 is 0.976 bits per heavy atom. The molecule has 2 N–H and O–H groups in total. The molecule has 2 aromatic carbocycles. The summed E-state index contributed by atoms with van der Waals surface area (Å²) in [5, 5.41) is 5.77. The zero-order valence-electron chi connectivity index (χ0n) is 23.6. The van der Waals surface area contributed by atoms with Crippen LogP contribution >= 0.6 is 0 Å². The number of halogens is 3. The Morgan fingerprint density at radius 2 is 1.76 bits per heavy atom. The number of rotatable bonds is 7. The number of carbonyl (C=O) groups is 1. The molecule has 1 aliphatic rings. The van der Waals surface area contributed by atoms with Crippen LogP contribution in [0.2, 0.25) is 0 Å². The second-order valence-corrected chi connectivity index (χ2v) is 10.5. The van der Waals surface area contributed by atoms with E-state index in [1.807, 2.05) is 24.0 Å². The van der Waals surface area contributed by atoms with E-state index in [1.165, 1.54) is 6.07 Å². The number of carbonyl (C=O) groups excluding carboxylic acids is 1. The predicted octanol–water partition coefficient (Wildman–Crippen LogP) is 6.39. The summed E-state index contributed by atoms with van der Waals surface area (Å²) in [4.78, 5) is 30.3. The molecule has 1 fully saturated rings. The lowest BCUT2D eigenvalue weighted by Gasteiger charge is -2.38. The highest BCUT2D eigenvalue weighted by Crippen LogP contribution is 2.36. The second-order valence-electron chi connectivity index (χ2n) is 10.5. The van der Waals surface area contributed by atoms with Gasteiger partial charge in [0.25, 0.3) is 5.91 Å². The summed E-state index contributed by atoms with van der Waals surface area (Å²) >= 11 is 0. The van der Waals surface area contributed by atoms with Crippen molar-refractivity contribution in [2.24, 2.45) is 0 Å². The Morgan fingerprint density at radius 3 is 2.45 bits per heavy atom. The minimum Gasteiger partial charge on any atom is -0.369 e. The summed E-state index contributed by atoms with van der Waals surface area (Å²) in [6.07, 6.45) is 0.292. The van der Waals surface area contributed by atoms with Gasteiger partial charge in [-0.1, -0.05) is 6.07 Å². The maximum absolute atomic E-state index is 14.1. The average Bonchev–Trinajstić information content (AvgIpc) is 2.99. The van der Waals surface area contributed by atoms with Crippen molar-refractivity contribution in [2.75, 3.05) is 41.7 Å². The number of pyridine rings is 1. The molecule has 1 amide bonds. The Hall–Kier alpha value is -4.51. The molecule has 42 heavy (non-hydrogen) atoms. The van der Waals surface area contributed by atoms with Gasteiger partial charge in [0, 0.05) is 73.4 Å². The largest absolute Gasteiger partial charge is 0.417 e. The zero-order valence-corrected chi connectivity index (χ0v) is 23.6. The van der Waals surface area contributed by atoms with Crippen LogP contribution in [0.5, 0.6) is 0 Å². The summed E-state index contributed by atoms with van der Waals surface area (Å²) in [6, 6.07) is 14.8. The van der Waals surface area contributed by atoms with E-state index in [-0.39, 0.29) is 0 Å². The normalized spacial score (nSPS) is 14.2. The maximum Gasteiger partial charge on any atom is 0.417 e. The van der Waals surface area contributed by atoms with E-state index in [9.17, 15) is 18.0 Å². The van der Waals surface area contributed by atoms with Gasteiger partial charge in [-0.15, -0.1) is 0 Å². The van der Waals surface area contributed by atoms with Crippen molar-refractivity contribution in [3.8, 4) is 11.3 Å². The Kier molecular flexibility index (Phi) is 8.39. The minimum absolute atomic E-state index is 0.326. The van der Waals surface area contributed by atoms with Crippen LogP contribution in [0, 0.1) is 6.92 Å². The predicted molar refractivity (Wildman–Crippen MR) is 158 cm³/mol. The molecule has 0 saturated carbocycles. The zero-order chi connectivity index (χ0) is 29.9. The van der Waals surface area contributed by atoms with E-state index in [0.717, 1.165) is 30.3 Å². The number of benzene rings is 2. The molecule has 1 aliphatic heterocycles. The van der Waals surface area contributed by atoms with E-state index in [4.69, 9.17) is 0 Å². The molecule has 0 spiro atoms. The first-order chi connectivity index (χ1) is 20.1. The maximum atomic E-state index is 14.1. The molecule has 5 rings (SSSR count). The van der Waals surface area contributed by atoms with Crippen molar-refractivity contribution < 1.29 is 18.0 Å². The molecular formula is C31H32F3N7O.